The number of amides is 2. The lowest BCUT2D eigenvalue weighted by Gasteiger charge is -2.26. The molecule has 7 heteroatoms. The molecule has 0 saturated carbocycles. The van der Waals surface area contributed by atoms with E-state index < -0.39 is 0 Å². The van der Waals surface area contributed by atoms with Crippen molar-refractivity contribution in [2.75, 3.05) is 18.4 Å². The number of hydrogen-bond donors (Lipinski definition) is 1. The molecule has 2 aromatic heterocycles. The van der Waals surface area contributed by atoms with Crippen molar-refractivity contribution in [2.45, 2.75) is 19.3 Å². The maximum absolute atomic E-state index is 12.6. The zero-order valence-corrected chi connectivity index (χ0v) is 14.3. The molecule has 4 rings (SSSR count). The first kappa shape index (κ1) is 15.8. The van der Waals surface area contributed by atoms with Gasteiger partial charge in [0.25, 0.3) is 11.8 Å². The Balaban J connectivity index is 1.54. The number of fused-ring (bicyclic) bond motifs is 1. The minimum absolute atomic E-state index is 0.0659. The van der Waals surface area contributed by atoms with Crippen LogP contribution in [0.3, 0.4) is 0 Å². The van der Waals surface area contributed by atoms with Gasteiger partial charge in [0.2, 0.25) is 0 Å². The van der Waals surface area contributed by atoms with E-state index in [4.69, 9.17) is 4.42 Å². The summed E-state index contributed by atoms with van der Waals surface area (Å²) in [5, 5.41) is 3.21. The number of carbonyl (C=O) groups is 2. The highest BCUT2D eigenvalue weighted by Crippen LogP contribution is 2.28. The van der Waals surface area contributed by atoms with Gasteiger partial charge in [0.1, 0.15) is 0 Å². The molecule has 128 valence electrons. The van der Waals surface area contributed by atoms with Gasteiger partial charge in [-0.3, -0.25) is 14.9 Å². The third-order valence-corrected chi connectivity index (χ3v) is 5.18. The molecule has 0 aliphatic carbocycles. The van der Waals surface area contributed by atoms with Crippen molar-refractivity contribution in [3.8, 4) is 0 Å². The van der Waals surface area contributed by atoms with Gasteiger partial charge in [-0.05, 0) is 49.6 Å². The van der Waals surface area contributed by atoms with Crippen LogP contribution in [-0.2, 0) is 0 Å². The number of aromatic nitrogens is 1. The molecule has 1 aromatic carbocycles. The van der Waals surface area contributed by atoms with Gasteiger partial charge >= 0.3 is 0 Å². The number of furan rings is 1. The number of likely N-dealkylation sites (tertiary alicyclic amines) is 1. The Morgan fingerprint density at radius 3 is 2.76 bits per heavy atom. The summed E-state index contributed by atoms with van der Waals surface area (Å²) in [6, 6.07) is 8.74. The molecule has 1 aliphatic heterocycles. The van der Waals surface area contributed by atoms with Gasteiger partial charge < -0.3 is 9.32 Å². The van der Waals surface area contributed by atoms with Gasteiger partial charge in [-0.2, -0.15) is 0 Å². The zero-order valence-electron chi connectivity index (χ0n) is 13.5. The molecule has 3 aromatic rings. The summed E-state index contributed by atoms with van der Waals surface area (Å²) >= 11 is 1.35. The molecule has 25 heavy (non-hydrogen) atoms. The molecule has 0 bridgehead atoms. The fourth-order valence-corrected chi connectivity index (χ4v) is 3.86. The largest absolute Gasteiger partial charge is 0.459 e. The number of hydrogen-bond acceptors (Lipinski definition) is 5. The molecule has 1 N–H and O–H groups in total. The number of nitrogens with one attached hydrogen (secondary N) is 1. The Kier molecular flexibility index (Phi) is 4.23. The van der Waals surface area contributed by atoms with E-state index in [9.17, 15) is 9.59 Å². The standard InChI is InChI=1S/C18H17N3O3S/c22-16(14-5-4-10-24-14)20-18-19-13-7-6-12(11-15(13)25-18)17(23)21-8-2-1-3-9-21/h4-7,10-11H,1-3,8-9H2,(H,19,20,22). The van der Waals surface area contributed by atoms with E-state index in [0.717, 1.165) is 36.1 Å². The molecular weight excluding hydrogens is 338 g/mol. The summed E-state index contributed by atoms with van der Waals surface area (Å²) in [5.74, 6) is -0.0370. The minimum atomic E-state index is -0.339. The number of thiazole rings is 1. The summed E-state index contributed by atoms with van der Waals surface area (Å²) in [6.07, 6.45) is 4.77. The maximum Gasteiger partial charge on any atom is 0.293 e. The van der Waals surface area contributed by atoms with Crippen molar-refractivity contribution in [1.29, 1.82) is 0 Å². The maximum atomic E-state index is 12.6. The zero-order chi connectivity index (χ0) is 17.2. The monoisotopic (exact) mass is 355 g/mol. The fraction of sp³-hybridized carbons (Fsp3) is 0.278. The van der Waals surface area contributed by atoms with E-state index >= 15 is 0 Å². The van der Waals surface area contributed by atoms with Crippen LogP contribution in [0.4, 0.5) is 5.13 Å². The fourth-order valence-electron chi connectivity index (χ4n) is 2.96. The first-order valence-electron chi connectivity index (χ1n) is 8.25. The molecule has 0 unspecified atom stereocenters. The lowest BCUT2D eigenvalue weighted by molar-refractivity contribution is 0.0724. The van der Waals surface area contributed by atoms with Gasteiger partial charge in [-0.25, -0.2) is 4.98 Å². The quantitative estimate of drug-likeness (QED) is 0.776. The molecular formula is C18H17N3O3S. The third kappa shape index (κ3) is 3.28. The van der Waals surface area contributed by atoms with Gasteiger partial charge in [0, 0.05) is 18.7 Å². The van der Waals surface area contributed by atoms with Crippen molar-refractivity contribution in [1.82, 2.24) is 9.88 Å². The Morgan fingerprint density at radius 1 is 1.16 bits per heavy atom. The molecule has 0 radical (unpaired) electrons. The summed E-state index contributed by atoms with van der Waals surface area (Å²) in [4.78, 5) is 30.9. The van der Waals surface area contributed by atoms with E-state index in [1.54, 1.807) is 18.2 Å². The molecule has 0 spiro atoms. The predicted molar refractivity (Wildman–Crippen MR) is 96.0 cm³/mol. The van der Waals surface area contributed by atoms with Crippen LogP contribution < -0.4 is 5.32 Å². The third-order valence-electron chi connectivity index (χ3n) is 4.24. The molecule has 1 fully saturated rings. The minimum Gasteiger partial charge on any atom is -0.459 e. The van der Waals surface area contributed by atoms with Crippen molar-refractivity contribution >= 4 is 38.5 Å². The molecule has 1 aliphatic rings. The van der Waals surface area contributed by atoms with Gasteiger partial charge in [0.05, 0.1) is 16.5 Å². The number of benzene rings is 1. The number of rotatable bonds is 3. The average Bonchev–Trinajstić information content (AvgIpc) is 3.30. The molecule has 1 saturated heterocycles. The van der Waals surface area contributed by atoms with Crippen LogP contribution in [0.15, 0.2) is 41.0 Å². The first-order chi connectivity index (χ1) is 12.2. The van der Waals surface area contributed by atoms with Crippen molar-refractivity contribution in [3.63, 3.8) is 0 Å². The molecule has 0 atom stereocenters. The summed E-state index contributed by atoms with van der Waals surface area (Å²) in [6.45, 7) is 1.65. The number of piperidine rings is 1. The van der Waals surface area contributed by atoms with Crippen LogP contribution in [0.5, 0.6) is 0 Å². The molecule has 2 amide bonds. The smallest absolute Gasteiger partial charge is 0.293 e. The predicted octanol–water partition coefficient (Wildman–Crippen LogP) is 3.77. The van der Waals surface area contributed by atoms with Gasteiger partial charge in [0.15, 0.2) is 10.9 Å². The Hall–Kier alpha value is -2.67. The van der Waals surface area contributed by atoms with E-state index in [0.29, 0.717) is 10.7 Å². The summed E-state index contributed by atoms with van der Waals surface area (Å²) in [7, 11) is 0. The van der Waals surface area contributed by atoms with Crippen molar-refractivity contribution < 1.29 is 14.0 Å². The number of nitrogens with zero attached hydrogens (tertiary/aromatic N) is 2. The van der Waals surface area contributed by atoms with Crippen LogP contribution in [0, 0.1) is 0 Å². The van der Waals surface area contributed by atoms with Crippen LogP contribution in [-0.4, -0.2) is 34.8 Å². The average molecular weight is 355 g/mol. The highest BCUT2D eigenvalue weighted by Gasteiger charge is 2.19. The lowest BCUT2D eigenvalue weighted by atomic mass is 10.1. The van der Waals surface area contributed by atoms with Gasteiger partial charge in [-0.1, -0.05) is 11.3 Å². The Labute approximate surface area is 148 Å². The second-order valence-electron chi connectivity index (χ2n) is 5.99. The normalized spacial score (nSPS) is 14.6. The first-order valence-corrected chi connectivity index (χ1v) is 9.07. The highest BCUT2D eigenvalue weighted by atomic mass is 32.1. The second-order valence-corrected chi connectivity index (χ2v) is 7.02. The van der Waals surface area contributed by atoms with Crippen LogP contribution in [0.1, 0.15) is 40.2 Å². The Bertz CT molecular complexity index is 911. The topological polar surface area (TPSA) is 75.4 Å². The van der Waals surface area contributed by atoms with E-state index in [-0.39, 0.29) is 17.6 Å². The van der Waals surface area contributed by atoms with E-state index in [1.165, 1.54) is 24.0 Å². The number of carbonyl (C=O) groups excluding carboxylic acids is 2. The van der Waals surface area contributed by atoms with Crippen molar-refractivity contribution in [3.05, 3.63) is 47.9 Å². The lowest BCUT2D eigenvalue weighted by Crippen LogP contribution is -2.35. The van der Waals surface area contributed by atoms with Crippen LogP contribution >= 0.6 is 11.3 Å². The van der Waals surface area contributed by atoms with E-state index in [2.05, 4.69) is 10.3 Å². The number of anilines is 1. The van der Waals surface area contributed by atoms with Crippen LogP contribution in [0.25, 0.3) is 10.2 Å². The highest BCUT2D eigenvalue weighted by molar-refractivity contribution is 7.22. The SMILES string of the molecule is O=C(Nc1nc2ccc(C(=O)N3CCCCC3)cc2s1)c1ccco1. The van der Waals surface area contributed by atoms with Crippen molar-refractivity contribution in [2.24, 2.45) is 0 Å². The summed E-state index contributed by atoms with van der Waals surface area (Å²) < 4.78 is 5.95. The van der Waals surface area contributed by atoms with Gasteiger partial charge in [-0.15, -0.1) is 0 Å². The van der Waals surface area contributed by atoms with Crippen LogP contribution in [0.2, 0.25) is 0 Å². The summed E-state index contributed by atoms with van der Waals surface area (Å²) in [5.41, 5.74) is 1.43. The Morgan fingerprint density at radius 2 is 2.00 bits per heavy atom. The molecule has 6 nitrogen and oxygen atoms in total. The molecule has 3 heterocycles. The van der Waals surface area contributed by atoms with E-state index in [1.807, 2.05) is 17.0 Å². The second kappa shape index (κ2) is 6.68.